The summed E-state index contributed by atoms with van der Waals surface area (Å²) >= 11 is 1.00. The molecule has 0 aromatic carbocycles. The summed E-state index contributed by atoms with van der Waals surface area (Å²) in [5.41, 5.74) is 0.998. The lowest BCUT2D eigenvalue weighted by Crippen LogP contribution is -2.13. The van der Waals surface area contributed by atoms with Gasteiger partial charge in [0.15, 0.2) is 0 Å². The molecule has 0 saturated heterocycles. The van der Waals surface area contributed by atoms with Crippen LogP contribution in [0.1, 0.15) is 38.4 Å². The molecule has 0 aliphatic carbocycles. The van der Waals surface area contributed by atoms with Crippen LogP contribution in [0.4, 0.5) is 5.00 Å². The number of nitrogens with one attached hydrogen (secondary N) is 1. The van der Waals surface area contributed by atoms with Gasteiger partial charge in [-0.2, -0.15) is 0 Å². The maximum atomic E-state index is 12.1. The number of hydrogen-bond donors (Lipinski definition) is 2. The number of carbonyl (C=O) groups is 2. The molecular weight excluding hydrogens is 268 g/mol. The number of carboxylic acid groups (broad SMARTS) is 1. The largest absolute Gasteiger partial charge is 0.477 e. The number of amides is 1. The predicted molar refractivity (Wildman–Crippen MR) is 69.8 cm³/mol. The van der Waals surface area contributed by atoms with Crippen molar-refractivity contribution in [3.63, 3.8) is 0 Å². The first-order valence-electron chi connectivity index (χ1n) is 5.62. The summed E-state index contributed by atoms with van der Waals surface area (Å²) in [5.74, 6) is -0.903. The SMILES string of the molecule is CCc1noc(C)c1C(=O)Nc1ccc(C(=O)O)s1. The van der Waals surface area contributed by atoms with E-state index in [1.807, 2.05) is 6.92 Å². The standard InChI is InChI=1S/C12H12N2O4S/c1-3-7-10(6(2)18-14-7)11(15)13-9-5-4-8(19-9)12(16)17/h4-5H,3H2,1-2H3,(H,13,15)(H,16,17). The van der Waals surface area contributed by atoms with Crippen molar-refractivity contribution in [1.82, 2.24) is 5.16 Å². The van der Waals surface area contributed by atoms with Crippen molar-refractivity contribution in [3.05, 3.63) is 34.0 Å². The molecule has 0 spiro atoms. The highest BCUT2D eigenvalue weighted by molar-refractivity contribution is 7.18. The lowest BCUT2D eigenvalue weighted by Gasteiger charge is -2.01. The fourth-order valence-electron chi connectivity index (χ4n) is 1.64. The van der Waals surface area contributed by atoms with Crippen LogP contribution in [0.15, 0.2) is 16.7 Å². The average molecular weight is 280 g/mol. The highest BCUT2D eigenvalue weighted by Gasteiger charge is 2.20. The van der Waals surface area contributed by atoms with E-state index in [4.69, 9.17) is 9.63 Å². The molecule has 100 valence electrons. The Hall–Kier alpha value is -2.15. The summed E-state index contributed by atoms with van der Waals surface area (Å²) in [6.45, 7) is 3.54. The minimum Gasteiger partial charge on any atom is -0.477 e. The number of thiophene rings is 1. The number of carbonyl (C=O) groups excluding carboxylic acids is 1. The molecule has 0 bridgehead atoms. The summed E-state index contributed by atoms with van der Waals surface area (Å²) < 4.78 is 4.99. The summed E-state index contributed by atoms with van der Waals surface area (Å²) in [6.07, 6.45) is 0.588. The second-order valence-electron chi connectivity index (χ2n) is 3.84. The first-order chi connectivity index (χ1) is 9.02. The minimum absolute atomic E-state index is 0.174. The number of carboxylic acids is 1. The second kappa shape index (κ2) is 5.23. The van der Waals surface area contributed by atoms with Crippen LogP contribution in [-0.2, 0) is 6.42 Å². The van der Waals surface area contributed by atoms with E-state index in [1.54, 1.807) is 13.0 Å². The first kappa shape index (κ1) is 13.3. The minimum atomic E-state index is -1.01. The Bertz CT molecular complexity index is 629. The molecule has 0 radical (unpaired) electrons. The van der Waals surface area contributed by atoms with Crippen LogP contribution in [-0.4, -0.2) is 22.1 Å². The van der Waals surface area contributed by atoms with E-state index in [9.17, 15) is 9.59 Å². The lowest BCUT2D eigenvalue weighted by molar-refractivity contribution is 0.0702. The third-order valence-corrected chi connectivity index (χ3v) is 3.54. The predicted octanol–water partition coefficient (Wildman–Crippen LogP) is 2.56. The molecule has 6 nitrogen and oxygen atoms in total. The number of aromatic nitrogens is 1. The monoisotopic (exact) mass is 280 g/mol. The Labute approximate surface area is 113 Å². The molecule has 0 fully saturated rings. The van der Waals surface area contributed by atoms with Crippen LogP contribution >= 0.6 is 11.3 Å². The molecule has 2 rings (SSSR count). The van der Waals surface area contributed by atoms with Crippen molar-refractivity contribution in [2.24, 2.45) is 0 Å². The van der Waals surface area contributed by atoms with Gasteiger partial charge in [0.1, 0.15) is 16.2 Å². The molecule has 0 saturated carbocycles. The number of hydrogen-bond acceptors (Lipinski definition) is 5. The van der Waals surface area contributed by atoms with Gasteiger partial charge in [-0.25, -0.2) is 4.79 Å². The third kappa shape index (κ3) is 2.65. The highest BCUT2D eigenvalue weighted by atomic mass is 32.1. The summed E-state index contributed by atoms with van der Waals surface area (Å²) in [6, 6.07) is 3.00. The van der Waals surface area contributed by atoms with Gasteiger partial charge in [0, 0.05) is 0 Å². The number of aryl methyl sites for hydroxylation is 2. The fraction of sp³-hybridized carbons (Fsp3) is 0.250. The molecule has 0 unspecified atom stereocenters. The highest BCUT2D eigenvalue weighted by Crippen LogP contribution is 2.23. The topological polar surface area (TPSA) is 92.4 Å². The second-order valence-corrected chi connectivity index (χ2v) is 4.92. The van der Waals surface area contributed by atoms with Crippen molar-refractivity contribution in [2.75, 3.05) is 5.32 Å². The van der Waals surface area contributed by atoms with Gasteiger partial charge in [0.2, 0.25) is 0 Å². The van der Waals surface area contributed by atoms with Crippen LogP contribution in [0, 0.1) is 6.92 Å². The number of anilines is 1. The quantitative estimate of drug-likeness (QED) is 0.897. The van der Waals surface area contributed by atoms with Crippen molar-refractivity contribution in [3.8, 4) is 0 Å². The number of nitrogens with zero attached hydrogens (tertiary/aromatic N) is 1. The number of aromatic carboxylic acids is 1. The first-order valence-corrected chi connectivity index (χ1v) is 6.44. The molecule has 0 atom stereocenters. The molecule has 1 amide bonds. The van der Waals surface area contributed by atoms with Gasteiger partial charge < -0.3 is 14.9 Å². The van der Waals surface area contributed by atoms with E-state index in [2.05, 4.69) is 10.5 Å². The van der Waals surface area contributed by atoms with E-state index in [0.29, 0.717) is 28.4 Å². The summed E-state index contributed by atoms with van der Waals surface area (Å²) in [4.78, 5) is 23.0. The molecule has 2 aromatic heterocycles. The Morgan fingerprint density at radius 2 is 2.21 bits per heavy atom. The molecule has 7 heteroatoms. The van der Waals surface area contributed by atoms with Crippen molar-refractivity contribution in [1.29, 1.82) is 0 Å². The Kier molecular flexibility index (Phi) is 3.66. The maximum Gasteiger partial charge on any atom is 0.345 e. The summed E-state index contributed by atoms with van der Waals surface area (Å²) in [5, 5.41) is 15.7. The van der Waals surface area contributed by atoms with E-state index in [-0.39, 0.29) is 10.8 Å². The van der Waals surface area contributed by atoms with Crippen molar-refractivity contribution < 1.29 is 19.2 Å². The Balaban J connectivity index is 2.20. The number of rotatable bonds is 4. The van der Waals surface area contributed by atoms with Crippen LogP contribution in [0.25, 0.3) is 0 Å². The van der Waals surface area contributed by atoms with E-state index in [1.165, 1.54) is 6.07 Å². The van der Waals surface area contributed by atoms with Gasteiger partial charge in [-0.15, -0.1) is 11.3 Å². The molecule has 19 heavy (non-hydrogen) atoms. The zero-order valence-electron chi connectivity index (χ0n) is 10.4. The van der Waals surface area contributed by atoms with E-state index >= 15 is 0 Å². The molecular formula is C12H12N2O4S. The van der Waals surface area contributed by atoms with Crippen LogP contribution in [0.3, 0.4) is 0 Å². The zero-order chi connectivity index (χ0) is 14.0. The van der Waals surface area contributed by atoms with Crippen molar-refractivity contribution in [2.45, 2.75) is 20.3 Å². The van der Waals surface area contributed by atoms with Gasteiger partial charge in [0.05, 0.1) is 10.7 Å². The van der Waals surface area contributed by atoms with Crippen molar-refractivity contribution >= 4 is 28.2 Å². The van der Waals surface area contributed by atoms with Gasteiger partial charge in [-0.05, 0) is 25.5 Å². The van der Waals surface area contributed by atoms with Gasteiger partial charge in [0.25, 0.3) is 5.91 Å². The average Bonchev–Trinajstić information content (AvgIpc) is 2.95. The smallest absolute Gasteiger partial charge is 0.345 e. The maximum absolute atomic E-state index is 12.1. The van der Waals surface area contributed by atoms with Gasteiger partial charge in [-0.1, -0.05) is 12.1 Å². The van der Waals surface area contributed by atoms with Crippen LogP contribution in [0.5, 0.6) is 0 Å². The summed E-state index contributed by atoms with van der Waals surface area (Å²) in [7, 11) is 0. The third-order valence-electron chi connectivity index (χ3n) is 2.55. The van der Waals surface area contributed by atoms with Crippen LogP contribution in [0.2, 0.25) is 0 Å². The molecule has 2 N–H and O–H groups in total. The molecule has 2 aromatic rings. The van der Waals surface area contributed by atoms with E-state index in [0.717, 1.165) is 11.3 Å². The fourth-order valence-corrected chi connectivity index (χ4v) is 2.38. The molecule has 0 aliphatic heterocycles. The zero-order valence-corrected chi connectivity index (χ0v) is 11.2. The van der Waals surface area contributed by atoms with Gasteiger partial charge >= 0.3 is 5.97 Å². The Morgan fingerprint density at radius 3 is 2.79 bits per heavy atom. The van der Waals surface area contributed by atoms with E-state index < -0.39 is 5.97 Å². The lowest BCUT2D eigenvalue weighted by atomic mass is 10.1. The molecule has 0 aliphatic rings. The van der Waals surface area contributed by atoms with Gasteiger partial charge in [-0.3, -0.25) is 4.79 Å². The van der Waals surface area contributed by atoms with Crippen LogP contribution < -0.4 is 5.32 Å². The molecule has 2 heterocycles. The Morgan fingerprint density at radius 1 is 1.47 bits per heavy atom. The normalized spacial score (nSPS) is 10.4.